The zero-order chi connectivity index (χ0) is 17.7. The van der Waals surface area contributed by atoms with Crippen LogP contribution in [-0.4, -0.2) is 37.4 Å². The summed E-state index contributed by atoms with van der Waals surface area (Å²) < 4.78 is 5.94. The minimum atomic E-state index is -0.350. The number of nitrogens with zero attached hydrogens (tertiary/aromatic N) is 1. The van der Waals surface area contributed by atoms with Gasteiger partial charge in [-0.05, 0) is 46.3 Å². The molecule has 7 heteroatoms. The van der Waals surface area contributed by atoms with Gasteiger partial charge in [-0.2, -0.15) is 0 Å². The highest BCUT2D eigenvalue weighted by atomic mass is 79.9. The molecule has 0 spiro atoms. The zero-order valence-corrected chi connectivity index (χ0v) is 15.5. The van der Waals surface area contributed by atoms with Crippen LogP contribution in [0.4, 0.5) is 5.69 Å². The van der Waals surface area contributed by atoms with Gasteiger partial charge in [0.1, 0.15) is 5.75 Å². The second kappa shape index (κ2) is 8.17. The normalized spacial score (nSPS) is 10.2. The maximum atomic E-state index is 12.5. The summed E-state index contributed by atoms with van der Waals surface area (Å²) in [5.41, 5.74) is 0.949. The summed E-state index contributed by atoms with van der Waals surface area (Å²) in [5.74, 6) is -0.252. The Balaban J connectivity index is 2.08. The van der Waals surface area contributed by atoms with Gasteiger partial charge < -0.3 is 15.0 Å². The first-order valence-corrected chi connectivity index (χ1v) is 8.23. The van der Waals surface area contributed by atoms with Crippen molar-refractivity contribution >= 4 is 45.0 Å². The topological polar surface area (TPSA) is 58.6 Å². The fourth-order valence-corrected chi connectivity index (χ4v) is 2.65. The van der Waals surface area contributed by atoms with Gasteiger partial charge in [-0.1, -0.05) is 23.7 Å². The molecule has 0 saturated carbocycles. The first-order valence-electron chi connectivity index (χ1n) is 7.05. The standard InChI is InChI=1S/C17H16BrClN2O3/c1-21(10-16(22)20-14-6-4-3-5-13(14)18)17(23)12-9-11(19)7-8-15(12)24-2/h3-9H,10H2,1-2H3,(H,20,22). The molecule has 126 valence electrons. The monoisotopic (exact) mass is 410 g/mol. The Hall–Kier alpha value is -2.05. The molecule has 0 fully saturated rings. The number of para-hydroxylation sites is 1. The number of nitrogens with one attached hydrogen (secondary N) is 1. The Morgan fingerprint density at radius 3 is 2.62 bits per heavy atom. The smallest absolute Gasteiger partial charge is 0.257 e. The third kappa shape index (κ3) is 4.49. The largest absolute Gasteiger partial charge is 0.496 e. The lowest BCUT2D eigenvalue weighted by Gasteiger charge is -2.18. The number of hydrogen-bond acceptors (Lipinski definition) is 3. The highest BCUT2D eigenvalue weighted by Gasteiger charge is 2.19. The average Bonchev–Trinajstić information content (AvgIpc) is 2.56. The Morgan fingerprint density at radius 1 is 1.25 bits per heavy atom. The van der Waals surface area contributed by atoms with E-state index in [2.05, 4.69) is 21.2 Å². The minimum absolute atomic E-state index is 0.101. The third-order valence-electron chi connectivity index (χ3n) is 3.27. The van der Waals surface area contributed by atoms with Crippen LogP contribution in [-0.2, 0) is 4.79 Å². The van der Waals surface area contributed by atoms with E-state index in [4.69, 9.17) is 16.3 Å². The Kier molecular flexibility index (Phi) is 6.23. The second-order valence-corrected chi connectivity index (χ2v) is 6.32. The molecular formula is C17H16BrClN2O3. The van der Waals surface area contributed by atoms with E-state index in [1.165, 1.54) is 18.1 Å². The van der Waals surface area contributed by atoms with Crippen molar-refractivity contribution in [3.63, 3.8) is 0 Å². The molecule has 24 heavy (non-hydrogen) atoms. The van der Waals surface area contributed by atoms with Gasteiger partial charge in [0.2, 0.25) is 5.91 Å². The van der Waals surface area contributed by atoms with Gasteiger partial charge in [-0.25, -0.2) is 0 Å². The zero-order valence-electron chi connectivity index (χ0n) is 13.2. The summed E-state index contributed by atoms with van der Waals surface area (Å²) in [6, 6.07) is 12.0. The Morgan fingerprint density at radius 2 is 1.96 bits per heavy atom. The molecule has 2 rings (SSSR count). The number of ether oxygens (including phenoxy) is 1. The SMILES string of the molecule is COc1ccc(Cl)cc1C(=O)N(C)CC(=O)Nc1ccccc1Br. The Labute approximate surface area is 153 Å². The molecule has 0 heterocycles. The van der Waals surface area contributed by atoms with Crippen LogP contribution >= 0.6 is 27.5 Å². The van der Waals surface area contributed by atoms with Gasteiger partial charge in [-0.15, -0.1) is 0 Å². The molecule has 0 aromatic heterocycles. The van der Waals surface area contributed by atoms with Crippen LogP contribution in [0, 0.1) is 0 Å². The van der Waals surface area contributed by atoms with E-state index >= 15 is 0 Å². The summed E-state index contributed by atoms with van der Waals surface area (Å²) >= 11 is 9.30. The predicted octanol–water partition coefficient (Wildman–Crippen LogP) is 3.82. The molecular weight excluding hydrogens is 396 g/mol. The molecule has 0 aliphatic rings. The summed E-state index contributed by atoms with van der Waals surface area (Å²) in [4.78, 5) is 26.0. The van der Waals surface area contributed by atoms with Crippen LogP contribution in [0.3, 0.4) is 0 Å². The molecule has 5 nitrogen and oxygen atoms in total. The second-order valence-electron chi connectivity index (χ2n) is 5.03. The molecule has 2 amide bonds. The molecule has 1 N–H and O–H groups in total. The molecule has 0 saturated heterocycles. The van der Waals surface area contributed by atoms with Crippen LogP contribution in [0.2, 0.25) is 5.02 Å². The van der Waals surface area contributed by atoms with Crippen LogP contribution in [0.25, 0.3) is 0 Å². The van der Waals surface area contributed by atoms with Crippen LogP contribution in [0.15, 0.2) is 46.9 Å². The molecule has 0 aliphatic carbocycles. The van der Waals surface area contributed by atoms with Crippen molar-refractivity contribution in [2.45, 2.75) is 0 Å². The van der Waals surface area contributed by atoms with E-state index in [0.717, 1.165) is 4.47 Å². The van der Waals surface area contributed by atoms with Crippen molar-refractivity contribution in [3.8, 4) is 5.75 Å². The molecule has 2 aromatic carbocycles. The highest BCUT2D eigenvalue weighted by Crippen LogP contribution is 2.24. The minimum Gasteiger partial charge on any atom is -0.496 e. The molecule has 0 bridgehead atoms. The van der Waals surface area contributed by atoms with Crippen molar-refractivity contribution in [1.29, 1.82) is 0 Å². The van der Waals surface area contributed by atoms with Crippen molar-refractivity contribution in [3.05, 3.63) is 57.5 Å². The number of benzene rings is 2. The lowest BCUT2D eigenvalue weighted by atomic mass is 10.1. The number of rotatable bonds is 5. The van der Waals surface area contributed by atoms with E-state index in [1.54, 1.807) is 25.2 Å². The first kappa shape index (κ1) is 18.3. The van der Waals surface area contributed by atoms with Gasteiger partial charge in [0.05, 0.1) is 24.9 Å². The van der Waals surface area contributed by atoms with E-state index < -0.39 is 0 Å². The maximum Gasteiger partial charge on any atom is 0.257 e. The van der Waals surface area contributed by atoms with Crippen LogP contribution in [0.1, 0.15) is 10.4 Å². The van der Waals surface area contributed by atoms with Gasteiger partial charge in [0.25, 0.3) is 5.91 Å². The highest BCUT2D eigenvalue weighted by molar-refractivity contribution is 9.10. The van der Waals surface area contributed by atoms with Crippen molar-refractivity contribution in [2.24, 2.45) is 0 Å². The van der Waals surface area contributed by atoms with Gasteiger partial charge in [0, 0.05) is 16.5 Å². The lowest BCUT2D eigenvalue weighted by molar-refractivity contribution is -0.116. The van der Waals surface area contributed by atoms with Crippen LogP contribution < -0.4 is 10.1 Å². The van der Waals surface area contributed by atoms with Crippen molar-refractivity contribution in [2.75, 3.05) is 26.0 Å². The number of carbonyl (C=O) groups is 2. The summed E-state index contributed by atoms with van der Waals surface area (Å²) in [6.07, 6.45) is 0. The lowest BCUT2D eigenvalue weighted by Crippen LogP contribution is -2.35. The Bertz CT molecular complexity index is 767. The summed E-state index contributed by atoms with van der Waals surface area (Å²) in [7, 11) is 3.02. The van der Waals surface area contributed by atoms with Crippen LogP contribution in [0.5, 0.6) is 5.75 Å². The first-order chi connectivity index (χ1) is 11.4. The summed E-state index contributed by atoms with van der Waals surface area (Å²) in [5, 5.41) is 3.17. The number of methoxy groups -OCH3 is 1. The van der Waals surface area contributed by atoms with Crippen molar-refractivity contribution < 1.29 is 14.3 Å². The maximum absolute atomic E-state index is 12.5. The van der Waals surface area contributed by atoms with E-state index in [-0.39, 0.29) is 18.4 Å². The molecule has 2 aromatic rings. The summed E-state index contributed by atoms with van der Waals surface area (Å²) in [6.45, 7) is -0.101. The number of carbonyl (C=O) groups excluding carboxylic acids is 2. The van der Waals surface area contributed by atoms with Crippen molar-refractivity contribution in [1.82, 2.24) is 4.90 Å². The third-order valence-corrected chi connectivity index (χ3v) is 4.19. The molecule has 0 radical (unpaired) electrons. The fraction of sp³-hybridized carbons (Fsp3) is 0.176. The number of halogens is 2. The van der Waals surface area contributed by atoms with Gasteiger partial charge in [0.15, 0.2) is 0 Å². The molecule has 0 atom stereocenters. The number of likely N-dealkylation sites (N-methyl/N-ethyl adjacent to an activating group) is 1. The van der Waals surface area contributed by atoms with E-state index in [9.17, 15) is 9.59 Å². The average molecular weight is 412 g/mol. The van der Waals surface area contributed by atoms with Gasteiger partial charge >= 0.3 is 0 Å². The predicted molar refractivity (Wildman–Crippen MR) is 97.7 cm³/mol. The van der Waals surface area contributed by atoms with E-state index in [1.807, 2.05) is 18.2 Å². The van der Waals surface area contributed by atoms with E-state index in [0.29, 0.717) is 22.0 Å². The fourth-order valence-electron chi connectivity index (χ4n) is 2.09. The quantitative estimate of drug-likeness (QED) is 0.813. The number of hydrogen-bond donors (Lipinski definition) is 1. The molecule has 0 unspecified atom stereocenters. The number of anilines is 1. The molecule has 0 aliphatic heterocycles. The number of amides is 2. The van der Waals surface area contributed by atoms with Gasteiger partial charge in [-0.3, -0.25) is 9.59 Å².